The molecule has 0 amide bonds. The smallest absolute Gasteiger partial charge is 0.0345 e. The van der Waals surface area contributed by atoms with Crippen molar-refractivity contribution in [2.75, 3.05) is 14.1 Å². The van der Waals surface area contributed by atoms with Crippen LogP contribution in [0, 0.1) is 19.3 Å². The molecule has 0 N–H and O–H groups in total. The van der Waals surface area contributed by atoms with E-state index in [0.29, 0.717) is 6.04 Å². The van der Waals surface area contributed by atoms with Crippen LogP contribution in [-0.4, -0.2) is 19.0 Å². The average Bonchev–Trinajstić information content (AvgIpc) is 2.27. The molecule has 1 aliphatic rings. The van der Waals surface area contributed by atoms with Crippen molar-refractivity contribution < 1.29 is 0 Å². The van der Waals surface area contributed by atoms with Gasteiger partial charge in [0.25, 0.3) is 0 Å². The predicted molar refractivity (Wildman–Crippen MR) is 77.8 cm³/mol. The minimum Gasteiger partial charge on any atom is -0.302 e. The van der Waals surface area contributed by atoms with Crippen LogP contribution in [0.4, 0.5) is 0 Å². The van der Waals surface area contributed by atoms with E-state index in [4.69, 9.17) is 6.42 Å². The largest absolute Gasteiger partial charge is 0.302 e. The fourth-order valence-electron chi connectivity index (χ4n) is 3.07. The summed E-state index contributed by atoms with van der Waals surface area (Å²) in [4.78, 5) is 2.32. The van der Waals surface area contributed by atoms with E-state index in [9.17, 15) is 0 Å². The second kappa shape index (κ2) is 4.44. The second-order valence-corrected chi connectivity index (χ2v) is 6.30. The van der Waals surface area contributed by atoms with Gasteiger partial charge in [0.2, 0.25) is 0 Å². The number of rotatable bonds is 1. The SMILES string of the molecule is C#Cc1cc2c(cc1C)C(N(C)C)CCC2(C)C. The van der Waals surface area contributed by atoms with E-state index in [1.165, 1.54) is 29.5 Å². The molecule has 1 aromatic rings. The molecule has 18 heavy (non-hydrogen) atoms. The van der Waals surface area contributed by atoms with Crippen LogP contribution < -0.4 is 0 Å². The maximum absolute atomic E-state index is 5.61. The van der Waals surface area contributed by atoms with Gasteiger partial charge in [0.1, 0.15) is 0 Å². The Morgan fingerprint density at radius 1 is 1.33 bits per heavy atom. The van der Waals surface area contributed by atoms with Crippen molar-refractivity contribution in [2.24, 2.45) is 0 Å². The molecular weight excluding hydrogens is 218 g/mol. The van der Waals surface area contributed by atoms with Crippen LogP contribution in [0.15, 0.2) is 12.1 Å². The Morgan fingerprint density at radius 2 is 2.00 bits per heavy atom. The third kappa shape index (κ3) is 2.06. The fourth-order valence-corrected chi connectivity index (χ4v) is 3.07. The molecule has 1 nitrogen and oxygen atoms in total. The van der Waals surface area contributed by atoms with E-state index in [1.54, 1.807) is 0 Å². The van der Waals surface area contributed by atoms with E-state index in [-0.39, 0.29) is 5.41 Å². The quantitative estimate of drug-likeness (QED) is 0.678. The number of hydrogen-bond donors (Lipinski definition) is 0. The van der Waals surface area contributed by atoms with Gasteiger partial charge >= 0.3 is 0 Å². The van der Waals surface area contributed by atoms with E-state index in [1.807, 2.05) is 0 Å². The number of fused-ring (bicyclic) bond motifs is 1. The molecule has 1 aliphatic carbocycles. The lowest BCUT2D eigenvalue weighted by atomic mass is 9.70. The Bertz CT molecular complexity index is 503. The maximum Gasteiger partial charge on any atom is 0.0345 e. The topological polar surface area (TPSA) is 3.24 Å². The highest BCUT2D eigenvalue weighted by molar-refractivity contribution is 5.50. The molecule has 96 valence electrons. The Morgan fingerprint density at radius 3 is 2.56 bits per heavy atom. The minimum absolute atomic E-state index is 0.237. The lowest BCUT2D eigenvalue weighted by molar-refractivity contribution is 0.237. The Balaban J connectivity index is 2.64. The first kappa shape index (κ1) is 13.2. The van der Waals surface area contributed by atoms with Crippen LogP contribution in [0.3, 0.4) is 0 Å². The first-order valence-electron chi connectivity index (χ1n) is 6.65. The van der Waals surface area contributed by atoms with E-state index < -0.39 is 0 Å². The molecule has 0 radical (unpaired) electrons. The van der Waals surface area contributed by atoms with Crippen molar-refractivity contribution in [3.05, 3.63) is 34.4 Å². The van der Waals surface area contributed by atoms with E-state index >= 15 is 0 Å². The summed E-state index contributed by atoms with van der Waals surface area (Å²) in [5.41, 5.74) is 5.40. The number of hydrogen-bond acceptors (Lipinski definition) is 1. The van der Waals surface area contributed by atoms with Crippen LogP contribution in [-0.2, 0) is 5.41 Å². The summed E-state index contributed by atoms with van der Waals surface area (Å²) in [5, 5.41) is 0. The van der Waals surface area contributed by atoms with Crippen molar-refractivity contribution in [2.45, 2.75) is 45.1 Å². The Labute approximate surface area is 111 Å². The molecule has 0 aliphatic heterocycles. The summed E-state index contributed by atoms with van der Waals surface area (Å²) >= 11 is 0. The standard InChI is InChI=1S/C17H23N/c1-7-13-11-15-14(10-12(13)2)16(18(5)6)8-9-17(15,3)4/h1,10-11,16H,8-9H2,2-6H3. The molecule has 1 aromatic carbocycles. The predicted octanol–water partition coefficient (Wildman–Crippen LogP) is 3.65. The van der Waals surface area contributed by atoms with E-state index in [0.717, 1.165) is 5.56 Å². The molecule has 1 unspecified atom stereocenters. The lowest BCUT2D eigenvalue weighted by Crippen LogP contribution is -2.32. The highest BCUT2D eigenvalue weighted by Gasteiger charge is 2.33. The van der Waals surface area contributed by atoms with Gasteiger partial charge in [-0.1, -0.05) is 25.8 Å². The monoisotopic (exact) mass is 241 g/mol. The summed E-state index contributed by atoms with van der Waals surface area (Å²) in [6.07, 6.45) is 8.05. The van der Waals surface area contributed by atoms with Gasteiger partial charge in [0.15, 0.2) is 0 Å². The molecule has 0 spiro atoms. The summed E-state index contributed by atoms with van der Waals surface area (Å²) in [6.45, 7) is 6.77. The first-order chi connectivity index (χ1) is 8.36. The molecule has 0 aromatic heterocycles. The zero-order valence-electron chi connectivity index (χ0n) is 12.2. The van der Waals surface area contributed by atoms with Crippen LogP contribution in [0.25, 0.3) is 0 Å². The van der Waals surface area contributed by atoms with Crippen molar-refractivity contribution in [1.82, 2.24) is 4.90 Å². The minimum atomic E-state index is 0.237. The molecule has 0 saturated heterocycles. The van der Waals surface area contributed by atoms with Crippen LogP contribution in [0.2, 0.25) is 0 Å². The summed E-state index contributed by atoms with van der Waals surface area (Å²) in [6, 6.07) is 5.06. The molecule has 0 fully saturated rings. The van der Waals surface area contributed by atoms with Crippen molar-refractivity contribution in [1.29, 1.82) is 0 Å². The molecule has 0 saturated carbocycles. The second-order valence-electron chi connectivity index (χ2n) is 6.30. The highest BCUT2D eigenvalue weighted by atomic mass is 15.1. The zero-order chi connectivity index (χ0) is 13.5. The Kier molecular flexibility index (Phi) is 3.25. The average molecular weight is 241 g/mol. The van der Waals surface area contributed by atoms with Crippen LogP contribution >= 0.6 is 0 Å². The first-order valence-corrected chi connectivity index (χ1v) is 6.65. The number of nitrogens with zero attached hydrogens (tertiary/aromatic N) is 1. The van der Waals surface area contributed by atoms with Gasteiger partial charge in [0.05, 0.1) is 0 Å². The Hall–Kier alpha value is -1.26. The maximum atomic E-state index is 5.61. The summed E-state index contributed by atoms with van der Waals surface area (Å²) < 4.78 is 0. The summed E-state index contributed by atoms with van der Waals surface area (Å²) in [5.74, 6) is 2.81. The highest BCUT2D eigenvalue weighted by Crippen LogP contribution is 2.44. The van der Waals surface area contributed by atoms with Gasteiger partial charge in [-0.3, -0.25) is 0 Å². The van der Waals surface area contributed by atoms with Crippen molar-refractivity contribution in [3.8, 4) is 12.3 Å². The molecule has 0 heterocycles. The van der Waals surface area contributed by atoms with Crippen molar-refractivity contribution >= 4 is 0 Å². The van der Waals surface area contributed by atoms with Gasteiger partial charge in [-0.25, -0.2) is 0 Å². The van der Waals surface area contributed by atoms with Gasteiger partial charge in [-0.2, -0.15) is 0 Å². The van der Waals surface area contributed by atoms with E-state index in [2.05, 4.69) is 57.8 Å². The lowest BCUT2D eigenvalue weighted by Gasteiger charge is -2.40. The van der Waals surface area contributed by atoms with Crippen LogP contribution in [0.5, 0.6) is 0 Å². The molecule has 0 bridgehead atoms. The third-order valence-corrected chi connectivity index (χ3v) is 4.31. The fraction of sp³-hybridized carbons (Fsp3) is 0.529. The molecule has 2 rings (SSSR count). The number of benzene rings is 1. The van der Waals surface area contributed by atoms with Gasteiger partial charge in [0, 0.05) is 11.6 Å². The van der Waals surface area contributed by atoms with Gasteiger partial charge < -0.3 is 4.90 Å². The van der Waals surface area contributed by atoms with Crippen molar-refractivity contribution in [3.63, 3.8) is 0 Å². The normalized spacial score (nSPS) is 21.5. The third-order valence-electron chi connectivity index (χ3n) is 4.31. The zero-order valence-corrected chi connectivity index (χ0v) is 12.2. The summed E-state index contributed by atoms with van der Waals surface area (Å²) in [7, 11) is 4.33. The number of aryl methyl sites for hydroxylation is 1. The molecule has 1 atom stereocenters. The molecule has 1 heteroatoms. The number of terminal acetylenes is 1. The molecular formula is C17H23N. The van der Waals surface area contributed by atoms with Gasteiger partial charge in [-0.05, 0) is 62.0 Å². The van der Waals surface area contributed by atoms with Gasteiger partial charge in [-0.15, -0.1) is 6.42 Å². The van der Waals surface area contributed by atoms with Crippen LogP contribution in [0.1, 0.15) is 55.0 Å².